The van der Waals surface area contributed by atoms with E-state index in [0.29, 0.717) is 22.9 Å². The molecule has 0 aliphatic carbocycles. The fourth-order valence-corrected chi connectivity index (χ4v) is 4.83. The van der Waals surface area contributed by atoms with Gasteiger partial charge in [0.05, 0.1) is 15.9 Å². The van der Waals surface area contributed by atoms with E-state index in [9.17, 15) is 14.4 Å². The third kappa shape index (κ3) is 5.24. The van der Waals surface area contributed by atoms with E-state index in [-0.39, 0.29) is 43.0 Å². The minimum atomic E-state index is -0.232. The predicted octanol–water partition coefficient (Wildman–Crippen LogP) is 4.36. The molecule has 1 fully saturated rings. The van der Waals surface area contributed by atoms with Crippen molar-refractivity contribution in [3.05, 3.63) is 54.1 Å². The van der Waals surface area contributed by atoms with Crippen molar-refractivity contribution < 1.29 is 14.4 Å². The van der Waals surface area contributed by atoms with E-state index in [1.165, 1.54) is 16.2 Å². The minimum Gasteiger partial charge on any atom is -0.302 e. The van der Waals surface area contributed by atoms with Crippen LogP contribution >= 0.6 is 23.7 Å². The number of benzene rings is 2. The first kappa shape index (κ1) is 24.8. The van der Waals surface area contributed by atoms with Gasteiger partial charge in [0, 0.05) is 31.5 Å². The fraction of sp³-hybridized carbons (Fsp3) is 0.333. The Morgan fingerprint density at radius 3 is 2.36 bits per heavy atom. The summed E-state index contributed by atoms with van der Waals surface area (Å²) < 4.78 is 1.02. The lowest BCUT2D eigenvalue weighted by molar-refractivity contribution is -0.121. The Bertz CT molecular complexity index is 1110. The van der Waals surface area contributed by atoms with Gasteiger partial charge in [-0.05, 0) is 43.4 Å². The van der Waals surface area contributed by atoms with Crippen LogP contribution in [0.2, 0.25) is 0 Å². The van der Waals surface area contributed by atoms with Crippen LogP contribution < -0.4 is 9.80 Å². The normalized spacial score (nSPS) is 13.6. The molecule has 0 atom stereocenters. The summed E-state index contributed by atoms with van der Waals surface area (Å²) in [7, 11) is 0. The Labute approximate surface area is 203 Å². The highest BCUT2D eigenvalue weighted by atomic mass is 35.5. The third-order valence-electron chi connectivity index (χ3n) is 5.70. The van der Waals surface area contributed by atoms with Crippen molar-refractivity contribution in [3.8, 4) is 0 Å². The van der Waals surface area contributed by atoms with E-state index in [0.717, 1.165) is 29.9 Å². The average molecular weight is 487 g/mol. The highest BCUT2D eigenvalue weighted by molar-refractivity contribution is 7.22. The molecule has 174 valence electrons. The van der Waals surface area contributed by atoms with Gasteiger partial charge in [0.25, 0.3) is 5.91 Å². The molecule has 0 saturated carbocycles. The van der Waals surface area contributed by atoms with Crippen LogP contribution in [0, 0.1) is 0 Å². The third-order valence-corrected chi connectivity index (χ3v) is 6.76. The molecule has 2 aromatic carbocycles. The number of para-hydroxylation sites is 1. The minimum absolute atomic E-state index is 0. The van der Waals surface area contributed by atoms with Crippen LogP contribution in [0.15, 0.2) is 48.5 Å². The number of aromatic nitrogens is 1. The maximum atomic E-state index is 13.6. The number of imide groups is 1. The van der Waals surface area contributed by atoms with E-state index in [2.05, 4.69) is 18.7 Å². The molecule has 0 radical (unpaired) electrons. The van der Waals surface area contributed by atoms with Gasteiger partial charge in [-0.2, -0.15) is 0 Å². The summed E-state index contributed by atoms with van der Waals surface area (Å²) in [6.07, 6.45) is 0.414. The number of hydrogen-bond donors (Lipinski definition) is 0. The van der Waals surface area contributed by atoms with Crippen molar-refractivity contribution in [1.82, 2.24) is 9.88 Å². The molecule has 1 saturated heterocycles. The Kier molecular flexibility index (Phi) is 8.18. The second-order valence-corrected chi connectivity index (χ2v) is 8.63. The first-order valence-electron chi connectivity index (χ1n) is 10.9. The smallest absolute Gasteiger partial charge is 0.260 e. The summed E-state index contributed by atoms with van der Waals surface area (Å²) in [6.45, 7) is 7.20. The molecule has 0 bridgehead atoms. The summed E-state index contributed by atoms with van der Waals surface area (Å²) in [4.78, 5) is 47.8. The molecule has 3 amide bonds. The zero-order valence-electron chi connectivity index (χ0n) is 18.7. The molecule has 3 aromatic rings. The van der Waals surface area contributed by atoms with Crippen molar-refractivity contribution in [2.24, 2.45) is 0 Å². The lowest BCUT2D eigenvalue weighted by Gasteiger charge is -2.25. The molecule has 1 aliphatic rings. The first-order chi connectivity index (χ1) is 15.5. The number of carbonyl (C=O) groups is 3. The molecule has 9 heteroatoms. The molecule has 1 aromatic heterocycles. The lowest BCUT2D eigenvalue weighted by Crippen LogP contribution is -2.39. The molecule has 4 rings (SSSR count). The van der Waals surface area contributed by atoms with Crippen molar-refractivity contribution >= 4 is 62.5 Å². The first-order valence-corrected chi connectivity index (χ1v) is 11.7. The van der Waals surface area contributed by atoms with Crippen molar-refractivity contribution in [3.63, 3.8) is 0 Å². The molecule has 0 spiro atoms. The van der Waals surface area contributed by atoms with Crippen molar-refractivity contribution in [2.75, 3.05) is 36.0 Å². The number of rotatable bonds is 8. The number of likely N-dealkylation sites (N-methyl/N-ethyl adjacent to an activating group) is 1. The zero-order valence-corrected chi connectivity index (χ0v) is 20.3. The quantitative estimate of drug-likeness (QED) is 0.442. The fourth-order valence-electron chi connectivity index (χ4n) is 3.84. The van der Waals surface area contributed by atoms with Crippen LogP contribution in [-0.4, -0.2) is 53.8 Å². The van der Waals surface area contributed by atoms with E-state index in [1.807, 2.05) is 24.3 Å². The van der Waals surface area contributed by atoms with Crippen molar-refractivity contribution in [1.29, 1.82) is 0 Å². The number of fused-ring (bicyclic) bond motifs is 1. The summed E-state index contributed by atoms with van der Waals surface area (Å²) in [5, 5.41) is 0.641. The highest BCUT2D eigenvalue weighted by Gasteiger charge is 2.31. The molecule has 0 N–H and O–H groups in total. The van der Waals surface area contributed by atoms with Crippen LogP contribution in [0.25, 0.3) is 10.2 Å². The molecule has 7 nitrogen and oxygen atoms in total. The highest BCUT2D eigenvalue weighted by Crippen LogP contribution is 2.30. The molecule has 33 heavy (non-hydrogen) atoms. The number of carbonyl (C=O) groups excluding carboxylic acids is 3. The number of thiazole rings is 1. The summed E-state index contributed by atoms with van der Waals surface area (Å²) in [6, 6.07) is 14.6. The van der Waals surface area contributed by atoms with Crippen LogP contribution in [0.4, 0.5) is 10.8 Å². The van der Waals surface area contributed by atoms with Gasteiger partial charge < -0.3 is 4.90 Å². The van der Waals surface area contributed by atoms with Gasteiger partial charge in [0.1, 0.15) is 0 Å². The molecule has 2 heterocycles. The SMILES string of the molecule is CCN(CC)CCN(C(=O)c1cccc(N2C(=O)CCC2=O)c1)c1nc2ccccc2s1.Cl. The van der Waals surface area contributed by atoms with E-state index < -0.39 is 0 Å². The van der Waals surface area contributed by atoms with Gasteiger partial charge in [0.2, 0.25) is 11.8 Å². The van der Waals surface area contributed by atoms with E-state index in [4.69, 9.17) is 4.98 Å². The number of nitrogens with zero attached hydrogens (tertiary/aromatic N) is 4. The zero-order chi connectivity index (χ0) is 22.7. The van der Waals surface area contributed by atoms with Crippen molar-refractivity contribution in [2.45, 2.75) is 26.7 Å². The van der Waals surface area contributed by atoms with Crippen LogP contribution in [0.5, 0.6) is 0 Å². The molecule has 1 aliphatic heterocycles. The predicted molar refractivity (Wildman–Crippen MR) is 135 cm³/mol. The van der Waals surface area contributed by atoms with E-state index in [1.54, 1.807) is 29.2 Å². The number of amides is 3. The number of halogens is 1. The second-order valence-electron chi connectivity index (χ2n) is 7.62. The largest absolute Gasteiger partial charge is 0.302 e. The van der Waals surface area contributed by atoms with Gasteiger partial charge in [0.15, 0.2) is 5.13 Å². The maximum absolute atomic E-state index is 13.6. The second kappa shape index (κ2) is 10.9. The van der Waals surface area contributed by atoms with Crippen LogP contribution in [-0.2, 0) is 9.59 Å². The molecule has 0 unspecified atom stereocenters. The Morgan fingerprint density at radius 2 is 1.70 bits per heavy atom. The monoisotopic (exact) mass is 486 g/mol. The molecular formula is C24H27ClN4O3S. The number of anilines is 2. The lowest BCUT2D eigenvalue weighted by atomic mass is 10.1. The Hall–Kier alpha value is -2.81. The summed E-state index contributed by atoms with van der Waals surface area (Å²) in [5.74, 6) is -0.662. The average Bonchev–Trinajstić information content (AvgIpc) is 3.39. The van der Waals surface area contributed by atoms with Gasteiger partial charge in [-0.15, -0.1) is 12.4 Å². The summed E-state index contributed by atoms with van der Waals surface area (Å²) in [5.41, 5.74) is 1.72. The standard InChI is InChI=1S/C24H26N4O3S.ClH/c1-3-26(4-2)14-15-27(24-25-19-10-5-6-11-20(19)32-24)23(31)17-8-7-9-18(16-17)28-21(29)12-13-22(28)30;/h5-11,16H,3-4,12-15H2,1-2H3;1H. The number of hydrogen-bond acceptors (Lipinski definition) is 6. The van der Waals surface area contributed by atoms with Crippen LogP contribution in [0.3, 0.4) is 0 Å². The summed E-state index contributed by atoms with van der Waals surface area (Å²) >= 11 is 1.48. The van der Waals surface area contributed by atoms with Gasteiger partial charge in [-0.3, -0.25) is 24.2 Å². The topological polar surface area (TPSA) is 73.8 Å². The van der Waals surface area contributed by atoms with Crippen LogP contribution in [0.1, 0.15) is 37.0 Å². The van der Waals surface area contributed by atoms with Gasteiger partial charge >= 0.3 is 0 Å². The maximum Gasteiger partial charge on any atom is 0.260 e. The Balaban J connectivity index is 0.00000306. The van der Waals surface area contributed by atoms with Gasteiger partial charge in [-0.25, -0.2) is 4.98 Å². The van der Waals surface area contributed by atoms with E-state index >= 15 is 0 Å². The Morgan fingerprint density at radius 1 is 1.00 bits per heavy atom. The molecular weight excluding hydrogens is 460 g/mol. The van der Waals surface area contributed by atoms with Gasteiger partial charge in [-0.1, -0.05) is 43.4 Å².